The van der Waals surface area contributed by atoms with Crippen LogP contribution in [0.5, 0.6) is 0 Å². The highest BCUT2D eigenvalue weighted by Gasteiger charge is 2.05. The van der Waals surface area contributed by atoms with E-state index in [1.807, 2.05) is 0 Å². The third-order valence-electron chi connectivity index (χ3n) is 2.05. The summed E-state index contributed by atoms with van der Waals surface area (Å²) in [6.07, 6.45) is 1.41. The smallest absolute Gasteiger partial charge is 0.248 e. The summed E-state index contributed by atoms with van der Waals surface area (Å²) < 4.78 is 0.750. The Kier molecular flexibility index (Phi) is 1.81. The van der Waals surface area contributed by atoms with Crippen LogP contribution in [0.4, 0.5) is 0 Å². The fourth-order valence-electron chi connectivity index (χ4n) is 1.35. The first-order valence-electron chi connectivity index (χ1n) is 4.10. The van der Waals surface area contributed by atoms with Crippen LogP contribution in [0.3, 0.4) is 0 Å². The molecule has 1 amide bonds. The van der Waals surface area contributed by atoms with Crippen molar-refractivity contribution in [3.8, 4) is 0 Å². The van der Waals surface area contributed by atoms with Crippen LogP contribution >= 0.6 is 0 Å². The second-order valence-corrected chi connectivity index (χ2v) is 2.97. The number of pyridine rings is 1. The molecule has 4 nitrogen and oxygen atoms in total. The molecule has 0 aliphatic rings. The molecular weight excluding hydrogens is 180 g/mol. The normalized spacial score (nSPS) is 10.3. The molecule has 1 heterocycles. The van der Waals surface area contributed by atoms with Crippen LogP contribution in [-0.2, 0) is 0 Å². The number of aromatic nitrogens is 1. The highest BCUT2D eigenvalue weighted by Crippen LogP contribution is 2.11. The molecule has 2 N–H and O–H groups in total. The maximum absolute atomic E-state index is 11.3. The number of nitrogens with two attached hydrogens (primary N) is 1. The fourth-order valence-corrected chi connectivity index (χ4v) is 1.35. The van der Waals surface area contributed by atoms with Gasteiger partial charge in [0.2, 0.25) is 11.4 Å². The molecule has 0 saturated heterocycles. The largest absolute Gasteiger partial charge is 0.618 e. The SMILES string of the molecule is NC(=O)c1ccc2c(ccc[n+]2[O-])c1. The summed E-state index contributed by atoms with van der Waals surface area (Å²) in [7, 11) is 0. The number of nitrogens with zero attached hydrogens (tertiary/aromatic N) is 1. The lowest BCUT2D eigenvalue weighted by Gasteiger charge is -2.01. The van der Waals surface area contributed by atoms with E-state index >= 15 is 0 Å². The number of hydrogen-bond donors (Lipinski definition) is 1. The fraction of sp³-hybridized carbons (Fsp3) is 0. The summed E-state index contributed by atoms with van der Waals surface area (Å²) in [4.78, 5) is 10.9. The van der Waals surface area contributed by atoms with Crippen molar-refractivity contribution < 1.29 is 9.52 Å². The van der Waals surface area contributed by atoms with Crippen molar-refractivity contribution in [3.05, 3.63) is 47.3 Å². The Morgan fingerprint density at radius 3 is 2.86 bits per heavy atom. The van der Waals surface area contributed by atoms with E-state index in [2.05, 4.69) is 0 Å². The van der Waals surface area contributed by atoms with E-state index in [0.717, 1.165) is 4.73 Å². The second-order valence-electron chi connectivity index (χ2n) is 2.97. The molecular formula is C10H8N2O2. The Labute approximate surface area is 80.2 Å². The lowest BCUT2D eigenvalue weighted by molar-refractivity contribution is -0.577. The predicted octanol–water partition coefficient (Wildman–Crippen LogP) is 0.572. The van der Waals surface area contributed by atoms with Crippen LogP contribution in [-0.4, -0.2) is 5.91 Å². The summed E-state index contributed by atoms with van der Waals surface area (Å²) in [6, 6.07) is 8.11. The summed E-state index contributed by atoms with van der Waals surface area (Å²) in [6.45, 7) is 0. The molecule has 0 unspecified atom stereocenters. The van der Waals surface area contributed by atoms with Crippen LogP contribution in [0, 0.1) is 5.21 Å². The number of rotatable bonds is 1. The van der Waals surface area contributed by atoms with Gasteiger partial charge in [-0.3, -0.25) is 4.79 Å². The van der Waals surface area contributed by atoms with Gasteiger partial charge < -0.3 is 10.9 Å². The number of carbonyl (C=O) groups is 1. The van der Waals surface area contributed by atoms with E-state index in [0.29, 0.717) is 16.5 Å². The van der Waals surface area contributed by atoms with Gasteiger partial charge in [-0.25, -0.2) is 0 Å². The summed E-state index contributed by atoms with van der Waals surface area (Å²) in [5.74, 6) is -0.492. The van der Waals surface area contributed by atoms with Gasteiger partial charge in [-0.05, 0) is 18.2 Å². The molecule has 2 aromatic rings. The summed E-state index contributed by atoms with van der Waals surface area (Å²) in [5, 5.41) is 12.0. The van der Waals surface area contributed by atoms with Crippen molar-refractivity contribution in [1.82, 2.24) is 0 Å². The molecule has 1 aromatic heterocycles. The number of hydrogen-bond acceptors (Lipinski definition) is 2. The Bertz CT molecular complexity index is 508. The average molecular weight is 188 g/mol. The van der Waals surface area contributed by atoms with Crippen molar-refractivity contribution in [3.63, 3.8) is 0 Å². The Morgan fingerprint density at radius 1 is 1.36 bits per heavy atom. The van der Waals surface area contributed by atoms with Crippen LogP contribution in [0.15, 0.2) is 36.5 Å². The van der Waals surface area contributed by atoms with Gasteiger partial charge in [0.25, 0.3) is 0 Å². The van der Waals surface area contributed by atoms with Gasteiger partial charge in [0, 0.05) is 23.1 Å². The molecule has 0 saturated carbocycles. The highest BCUT2D eigenvalue weighted by atomic mass is 16.5. The van der Waals surface area contributed by atoms with Crippen LogP contribution < -0.4 is 10.5 Å². The third kappa shape index (κ3) is 1.26. The molecule has 2 rings (SSSR count). The standard InChI is InChI=1S/C10H8N2O2/c11-10(13)8-3-4-9-7(6-8)2-1-5-12(9)14/h1-6H,(H2,11,13). The van der Waals surface area contributed by atoms with E-state index in [1.165, 1.54) is 6.20 Å². The molecule has 70 valence electrons. The van der Waals surface area contributed by atoms with E-state index in [-0.39, 0.29) is 0 Å². The van der Waals surface area contributed by atoms with Crippen LogP contribution in [0.25, 0.3) is 10.9 Å². The first kappa shape index (κ1) is 8.50. The molecule has 0 aliphatic heterocycles. The first-order valence-corrected chi connectivity index (χ1v) is 4.10. The number of primary amides is 1. The topological polar surface area (TPSA) is 70.0 Å². The van der Waals surface area contributed by atoms with Crippen molar-refractivity contribution in [2.24, 2.45) is 5.73 Å². The molecule has 0 fully saturated rings. The maximum Gasteiger partial charge on any atom is 0.248 e. The van der Waals surface area contributed by atoms with E-state index in [4.69, 9.17) is 5.73 Å². The second kappa shape index (κ2) is 2.99. The quantitative estimate of drug-likeness (QED) is 0.525. The molecule has 0 bridgehead atoms. The molecule has 1 aromatic carbocycles. The van der Waals surface area contributed by atoms with Crippen LogP contribution in [0.1, 0.15) is 10.4 Å². The highest BCUT2D eigenvalue weighted by molar-refractivity contribution is 5.96. The van der Waals surface area contributed by atoms with Crippen molar-refractivity contribution in [2.75, 3.05) is 0 Å². The van der Waals surface area contributed by atoms with Crippen molar-refractivity contribution in [2.45, 2.75) is 0 Å². The minimum Gasteiger partial charge on any atom is -0.618 e. The molecule has 4 heteroatoms. The Balaban J connectivity index is 2.73. The van der Waals surface area contributed by atoms with Gasteiger partial charge in [0.1, 0.15) is 0 Å². The molecule has 0 radical (unpaired) electrons. The zero-order chi connectivity index (χ0) is 10.1. The predicted molar refractivity (Wildman–Crippen MR) is 51.4 cm³/mol. The Hall–Kier alpha value is -2.10. The van der Waals surface area contributed by atoms with Gasteiger partial charge >= 0.3 is 0 Å². The van der Waals surface area contributed by atoms with Gasteiger partial charge in [0.15, 0.2) is 6.20 Å². The van der Waals surface area contributed by atoms with Crippen molar-refractivity contribution >= 4 is 16.8 Å². The van der Waals surface area contributed by atoms with E-state index in [9.17, 15) is 10.0 Å². The molecule has 0 spiro atoms. The number of carbonyl (C=O) groups excluding carboxylic acids is 1. The van der Waals surface area contributed by atoms with Gasteiger partial charge in [-0.1, -0.05) is 0 Å². The molecule has 0 aliphatic carbocycles. The van der Waals surface area contributed by atoms with Crippen LogP contribution in [0.2, 0.25) is 0 Å². The number of amides is 1. The zero-order valence-electron chi connectivity index (χ0n) is 7.31. The maximum atomic E-state index is 11.3. The third-order valence-corrected chi connectivity index (χ3v) is 2.05. The lowest BCUT2D eigenvalue weighted by atomic mass is 10.1. The first-order chi connectivity index (χ1) is 6.68. The van der Waals surface area contributed by atoms with Gasteiger partial charge in [0.05, 0.1) is 0 Å². The monoisotopic (exact) mass is 188 g/mol. The van der Waals surface area contributed by atoms with E-state index < -0.39 is 5.91 Å². The minimum atomic E-state index is -0.492. The molecule has 14 heavy (non-hydrogen) atoms. The number of benzene rings is 1. The number of fused-ring (bicyclic) bond motifs is 1. The molecule has 0 atom stereocenters. The zero-order valence-corrected chi connectivity index (χ0v) is 7.31. The van der Waals surface area contributed by atoms with Crippen molar-refractivity contribution in [1.29, 1.82) is 0 Å². The minimum absolute atomic E-state index is 0.406. The van der Waals surface area contributed by atoms with Gasteiger partial charge in [-0.15, -0.1) is 0 Å². The van der Waals surface area contributed by atoms with E-state index in [1.54, 1.807) is 30.3 Å². The van der Waals surface area contributed by atoms with Gasteiger partial charge in [-0.2, -0.15) is 4.73 Å². The summed E-state index contributed by atoms with van der Waals surface area (Å²) >= 11 is 0. The lowest BCUT2D eigenvalue weighted by Crippen LogP contribution is -2.25. The summed E-state index contributed by atoms with van der Waals surface area (Å²) in [5.41, 5.74) is 6.05. The Morgan fingerprint density at radius 2 is 2.14 bits per heavy atom. The average Bonchev–Trinajstić information content (AvgIpc) is 2.17.